The van der Waals surface area contributed by atoms with Gasteiger partial charge in [-0.25, -0.2) is 0 Å². The van der Waals surface area contributed by atoms with Crippen molar-refractivity contribution in [2.75, 3.05) is 13.2 Å². The summed E-state index contributed by atoms with van der Waals surface area (Å²) in [7, 11) is 0. The first-order valence-corrected chi connectivity index (χ1v) is 5.63. The number of carbonyl (C=O) groups is 1. The predicted octanol–water partition coefficient (Wildman–Crippen LogP) is 0.249. The van der Waals surface area contributed by atoms with E-state index in [1.54, 1.807) is 0 Å². The van der Waals surface area contributed by atoms with Crippen LogP contribution in [0.5, 0.6) is 0 Å². The molecule has 0 spiro atoms. The highest BCUT2D eigenvalue weighted by Crippen LogP contribution is 2.44. The minimum Gasteiger partial charge on any atom is -0.396 e. The SMILES string of the molecule is CC(C)C[C@@H](N)C(=O)NCC1(CO)CC1. The molecule has 0 unspecified atom stereocenters. The predicted molar refractivity (Wildman–Crippen MR) is 59.2 cm³/mol. The maximum Gasteiger partial charge on any atom is 0.236 e. The molecule has 4 heteroatoms. The highest BCUT2D eigenvalue weighted by molar-refractivity contribution is 5.81. The van der Waals surface area contributed by atoms with E-state index in [0.717, 1.165) is 12.8 Å². The third-order valence-electron chi connectivity index (χ3n) is 2.99. The van der Waals surface area contributed by atoms with Crippen LogP contribution in [-0.2, 0) is 4.79 Å². The van der Waals surface area contributed by atoms with Crippen LogP contribution in [0, 0.1) is 11.3 Å². The van der Waals surface area contributed by atoms with Gasteiger partial charge in [-0.2, -0.15) is 0 Å². The first kappa shape index (κ1) is 12.5. The Morgan fingerprint density at radius 2 is 2.13 bits per heavy atom. The largest absolute Gasteiger partial charge is 0.396 e. The summed E-state index contributed by atoms with van der Waals surface area (Å²) in [4.78, 5) is 11.6. The molecule has 88 valence electrons. The second-order valence-corrected chi connectivity index (χ2v) is 5.11. The molecule has 0 aliphatic heterocycles. The Morgan fingerprint density at radius 1 is 1.53 bits per heavy atom. The van der Waals surface area contributed by atoms with Crippen molar-refractivity contribution in [3.05, 3.63) is 0 Å². The topological polar surface area (TPSA) is 75.4 Å². The summed E-state index contributed by atoms with van der Waals surface area (Å²) < 4.78 is 0. The van der Waals surface area contributed by atoms with Crippen LogP contribution in [0.1, 0.15) is 33.1 Å². The highest BCUT2D eigenvalue weighted by atomic mass is 16.3. The monoisotopic (exact) mass is 214 g/mol. The maximum atomic E-state index is 11.6. The van der Waals surface area contributed by atoms with E-state index in [9.17, 15) is 4.79 Å². The average Bonchev–Trinajstić information content (AvgIpc) is 2.94. The lowest BCUT2D eigenvalue weighted by Crippen LogP contribution is -2.43. The molecule has 0 saturated heterocycles. The number of rotatable bonds is 6. The molecule has 1 aliphatic rings. The number of carbonyl (C=O) groups excluding carboxylic acids is 1. The number of aliphatic hydroxyl groups excluding tert-OH is 1. The number of amides is 1. The Bertz CT molecular complexity index is 225. The average molecular weight is 214 g/mol. The van der Waals surface area contributed by atoms with Crippen molar-refractivity contribution in [3.63, 3.8) is 0 Å². The van der Waals surface area contributed by atoms with Gasteiger partial charge in [0.05, 0.1) is 12.6 Å². The van der Waals surface area contributed by atoms with E-state index in [0.29, 0.717) is 18.9 Å². The third kappa shape index (κ3) is 3.80. The minimum atomic E-state index is -0.417. The Kier molecular flexibility index (Phi) is 4.11. The molecular weight excluding hydrogens is 192 g/mol. The lowest BCUT2D eigenvalue weighted by Gasteiger charge is -2.17. The van der Waals surface area contributed by atoms with Crippen LogP contribution in [0.25, 0.3) is 0 Å². The summed E-state index contributed by atoms with van der Waals surface area (Å²) in [5, 5.41) is 11.9. The minimum absolute atomic E-state index is 0.0345. The molecule has 0 aromatic rings. The molecule has 1 amide bonds. The van der Waals surface area contributed by atoms with Crippen molar-refractivity contribution < 1.29 is 9.90 Å². The summed E-state index contributed by atoms with van der Waals surface area (Å²) >= 11 is 0. The number of nitrogens with two attached hydrogens (primary N) is 1. The summed E-state index contributed by atoms with van der Waals surface area (Å²) in [6, 6.07) is -0.417. The lowest BCUT2D eigenvalue weighted by molar-refractivity contribution is -0.123. The first-order valence-electron chi connectivity index (χ1n) is 5.63. The van der Waals surface area contributed by atoms with Gasteiger partial charge in [0.1, 0.15) is 0 Å². The van der Waals surface area contributed by atoms with Gasteiger partial charge < -0.3 is 16.2 Å². The van der Waals surface area contributed by atoms with E-state index in [2.05, 4.69) is 5.32 Å². The van der Waals surface area contributed by atoms with Crippen molar-refractivity contribution in [3.8, 4) is 0 Å². The van der Waals surface area contributed by atoms with Crippen molar-refractivity contribution in [2.45, 2.75) is 39.2 Å². The van der Waals surface area contributed by atoms with Gasteiger partial charge in [-0.15, -0.1) is 0 Å². The zero-order chi connectivity index (χ0) is 11.5. The first-order chi connectivity index (χ1) is 6.99. The molecule has 1 atom stereocenters. The molecule has 1 rings (SSSR count). The Labute approximate surface area is 91.2 Å². The van der Waals surface area contributed by atoms with E-state index in [1.165, 1.54) is 0 Å². The number of hydrogen-bond donors (Lipinski definition) is 3. The molecular formula is C11H22N2O2. The van der Waals surface area contributed by atoms with Gasteiger partial charge in [0.15, 0.2) is 0 Å². The Balaban J connectivity index is 2.23. The molecule has 1 saturated carbocycles. The van der Waals surface area contributed by atoms with Gasteiger partial charge in [-0.05, 0) is 25.2 Å². The molecule has 0 aromatic carbocycles. The summed E-state index contributed by atoms with van der Waals surface area (Å²) in [6.07, 6.45) is 2.71. The smallest absolute Gasteiger partial charge is 0.236 e. The van der Waals surface area contributed by atoms with Crippen molar-refractivity contribution >= 4 is 5.91 Å². The fraction of sp³-hybridized carbons (Fsp3) is 0.909. The van der Waals surface area contributed by atoms with Gasteiger partial charge >= 0.3 is 0 Å². The van der Waals surface area contributed by atoms with Crippen molar-refractivity contribution in [2.24, 2.45) is 17.1 Å². The molecule has 4 N–H and O–H groups in total. The van der Waals surface area contributed by atoms with Gasteiger partial charge in [-0.1, -0.05) is 13.8 Å². The van der Waals surface area contributed by atoms with Crippen LogP contribution in [0.3, 0.4) is 0 Å². The third-order valence-corrected chi connectivity index (χ3v) is 2.99. The van der Waals surface area contributed by atoms with Gasteiger partial charge in [-0.3, -0.25) is 4.79 Å². The molecule has 0 heterocycles. The van der Waals surface area contributed by atoms with Gasteiger partial charge in [0, 0.05) is 12.0 Å². The second kappa shape index (κ2) is 4.94. The van der Waals surface area contributed by atoms with Crippen molar-refractivity contribution in [1.29, 1.82) is 0 Å². The molecule has 4 nitrogen and oxygen atoms in total. The quantitative estimate of drug-likeness (QED) is 0.593. The van der Waals surface area contributed by atoms with Crippen LogP contribution < -0.4 is 11.1 Å². The van der Waals surface area contributed by atoms with E-state index in [4.69, 9.17) is 10.8 Å². The lowest BCUT2D eigenvalue weighted by atomic mass is 10.0. The van der Waals surface area contributed by atoms with Crippen molar-refractivity contribution in [1.82, 2.24) is 5.32 Å². The standard InChI is InChI=1S/C11H22N2O2/c1-8(2)5-9(12)10(15)13-6-11(7-14)3-4-11/h8-9,14H,3-7,12H2,1-2H3,(H,13,15)/t9-/m1/s1. The maximum absolute atomic E-state index is 11.6. The number of hydrogen-bond acceptors (Lipinski definition) is 3. The van der Waals surface area contributed by atoms with Crippen LogP contribution in [-0.4, -0.2) is 30.2 Å². The zero-order valence-corrected chi connectivity index (χ0v) is 9.62. The molecule has 0 aromatic heterocycles. The van der Waals surface area contributed by atoms with E-state index in [-0.39, 0.29) is 17.9 Å². The molecule has 15 heavy (non-hydrogen) atoms. The van der Waals surface area contributed by atoms with E-state index < -0.39 is 6.04 Å². The fourth-order valence-electron chi connectivity index (χ4n) is 1.59. The van der Waals surface area contributed by atoms with Crippen LogP contribution in [0.2, 0.25) is 0 Å². The van der Waals surface area contributed by atoms with Crippen LogP contribution in [0.4, 0.5) is 0 Å². The zero-order valence-electron chi connectivity index (χ0n) is 9.62. The van der Waals surface area contributed by atoms with E-state index >= 15 is 0 Å². The van der Waals surface area contributed by atoms with Gasteiger partial charge in [0.25, 0.3) is 0 Å². The summed E-state index contributed by atoms with van der Waals surface area (Å²) in [6.45, 7) is 4.81. The van der Waals surface area contributed by atoms with Gasteiger partial charge in [0.2, 0.25) is 5.91 Å². The second-order valence-electron chi connectivity index (χ2n) is 5.11. The summed E-state index contributed by atoms with van der Waals surface area (Å²) in [5.41, 5.74) is 5.70. The van der Waals surface area contributed by atoms with E-state index in [1.807, 2.05) is 13.8 Å². The fourth-order valence-corrected chi connectivity index (χ4v) is 1.59. The molecule has 1 aliphatic carbocycles. The highest BCUT2D eigenvalue weighted by Gasteiger charge is 2.42. The molecule has 0 radical (unpaired) electrons. The number of aliphatic hydroxyl groups is 1. The Hall–Kier alpha value is -0.610. The molecule has 1 fully saturated rings. The normalized spacial score (nSPS) is 20.1. The summed E-state index contributed by atoms with van der Waals surface area (Å²) in [5.74, 6) is 0.335. The number of nitrogens with one attached hydrogen (secondary N) is 1. The molecule has 0 bridgehead atoms. The van der Waals surface area contributed by atoms with Crippen LogP contribution in [0.15, 0.2) is 0 Å². The Morgan fingerprint density at radius 3 is 2.53 bits per heavy atom. The van der Waals surface area contributed by atoms with Crippen LogP contribution >= 0.6 is 0 Å².